The minimum absolute atomic E-state index is 1.16. The van der Waals surface area contributed by atoms with Crippen molar-refractivity contribution in [3.63, 3.8) is 0 Å². The summed E-state index contributed by atoms with van der Waals surface area (Å²) < 4.78 is 5.55. The van der Waals surface area contributed by atoms with E-state index in [1.807, 2.05) is 0 Å². The van der Waals surface area contributed by atoms with Crippen molar-refractivity contribution in [2.75, 3.05) is 0 Å². The average Bonchev–Trinajstić information content (AvgIpc) is 1.59. The quantitative estimate of drug-likeness (QED) is 0.0355. The molecule has 0 spiro atoms. The number of benzene rings is 4. The Morgan fingerprint density at radius 2 is 0.243 bits per heavy atom. The van der Waals surface area contributed by atoms with Crippen molar-refractivity contribution in [2.45, 2.75) is 620 Å². The molecule has 2 aliphatic heterocycles. The average molecular weight is 1890 g/mol. The van der Waals surface area contributed by atoms with E-state index in [0.717, 1.165) is 25.7 Å². The zero-order valence-corrected chi connectivity index (χ0v) is 92.5. The van der Waals surface area contributed by atoms with Gasteiger partial charge in [-0.2, -0.15) is 0 Å². The number of hydrogen-bond donors (Lipinski definition) is 0. The molecule has 2 nitrogen and oxygen atoms in total. The zero-order valence-electron chi connectivity index (χ0n) is 90.9. The van der Waals surface area contributed by atoms with Gasteiger partial charge in [-0.1, -0.05) is 518 Å². The third-order valence-corrected chi connectivity index (χ3v) is 34.1. The lowest BCUT2D eigenvalue weighted by molar-refractivity contribution is 0.553. The molecule has 762 valence electrons. The number of unbranched alkanes of at least 4 members (excludes halogenated alkanes) is 72. The van der Waals surface area contributed by atoms with Crippen LogP contribution in [0.4, 0.5) is 0 Å². The second kappa shape index (κ2) is 74.3. The molecule has 4 heteroatoms. The third kappa shape index (κ3) is 44.3. The summed E-state index contributed by atoms with van der Waals surface area (Å²) >= 11 is 4.14. The molecular formula is C132H212N2S2. The molecule has 0 saturated carbocycles. The van der Waals surface area contributed by atoms with Crippen molar-refractivity contribution >= 4 is 63.0 Å². The normalized spacial score (nSPS) is 12.1. The van der Waals surface area contributed by atoms with Crippen LogP contribution in [0.25, 0.3) is 85.4 Å². The van der Waals surface area contributed by atoms with Gasteiger partial charge in [0.1, 0.15) is 0 Å². The molecule has 5 heterocycles. The summed E-state index contributed by atoms with van der Waals surface area (Å²) in [5.74, 6) is 0. The van der Waals surface area contributed by atoms with Gasteiger partial charge < -0.3 is 0 Å². The van der Waals surface area contributed by atoms with Crippen LogP contribution in [0.2, 0.25) is 0 Å². The first kappa shape index (κ1) is 115. The molecule has 0 saturated heterocycles. The minimum Gasteiger partial charge on any atom is -0.248 e. The standard InChI is InChI=1S/C132H212N2S2/c1-9-17-25-33-41-49-57-65-73-81-89-109-97-117-118(98-110(109)90-82-74-66-58-50-42-34-26-18-10-2)126-106-130-123-103-115(95-87-79-71-63-55-47-39-31-23-15-7)116(96-88-80-72-64-56-48-40-32-24-16-8)104-124(123)132(136-130)108-128-120-100-112(92-84-76-68-60-52-44-36-28-20-12-4)111(91-83-75-67-59-51-43-35-27-19-11-3)99-119(120)127(134-128)107-131-122-102-114(94-86-78-70-62-54-46-38-30-22-14-6)113(101-121(122)129(135-131)105-125(117)133-126)93-85-77-69-61-53-45-37-29-21-13-5/h97-108H,9-96H2,1-8H3. The maximum absolute atomic E-state index is 6.23. The highest BCUT2D eigenvalue weighted by atomic mass is 32.1. The van der Waals surface area contributed by atoms with Gasteiger partial charge in [-0.15, -0.1) is 22.7 Å². The van der Waals surface area contributed by atoms with E-state index < -0.39 is 0 Å². The molecule has 2 aliphatic rings. The molecule has 0 atom stereocenters. The predicted octanol–water partition coefficient (Wildman–Crippen LogP) is 46.5. The Balaban J connectivity index is 1.26. The lowest BCUT2D eigenvalue weighted by Crippen LogP contribution is -1.98. The van der Waals surface area contributed by atoms with Crippen molar-refractivity contribution in [1.29, 1.82) is 0 Å². The largest absolute Gasteiger partial charge is 0.248 e. The van der Waals surface area contributed by atoms with Gasteiger partial charge in [0.05, 0.1) is 22.8 Å². The number of nitrogens with zero attached hydrogens (tertiary/aromatic N) is 2. The molecule has 8 bridgehead atoms. The van der Waals surface area contributed by atoms with Gasteiger partial charge >= 0.3 is 0 Å². The van der Waals surface area contributed by atoms with E-state index in [9.17, 15) is 0 Å². The highest BCUT2D eigenvalue weighted by Gasteiger charge is 2.26. The van der Waals surface area contributed by atoms with E-state index in [2.05, 4.69) is 151 Å². The van der Waals surface area contributed by atoms with Crippen molar-refractivity contribution in [1.82, 2.24) is 9.97 Å². The molecule has 9 rings (SSSR count). The van der Waals surface area contributed by atoms with Crippen molar-refractivity contribution in [3.05, 3.63) is 117 Å². The highest BCUT2D eigenvalue weighted by Crippen LogP contribution is 2.48. The van der Waals surface area contributed by atoms with E-state index in [-0.39, 0.29) is 0 Å². The van der Waals surface area contributed by atoms with Crippen LogP contribution in [0, 0.1) is 0 Å². The highest BCUT2D eigenvalue weighted by molar-refractivity contribution is 7.26. The number of fused-ring (bicyclic) bond motifs is 20. The number of hydrogen-bond acceptors (Lipinski definition) is 4. The van der Waals surface area contributed by atoms with Crippen LogP contribution in [0.15, 0.2) is 72.8 Å². The van der Waals surface area contributed by atoms with Crippen LogP contribution in [-0.2, 0) is 51.4 Å². The Kier molecular flexibility index (Phi) is 62.8. The topological polar surface area (TPSA) is 25.8 Å². The van der Waals surface area contributed by atoms with Crippen molar-refractivity contribution < 1.29 is 0 Å². The summed E-state index contributed by atoms with van der Waals surface area (Å²) in [5.41, 5.74) is 23.2. The third-order valence-electron chi connectivity index (χ3n) is 31.9. The van der Waals surface area contributed by atoms with E-state index in [1.54, 1.807) is 44.5 Å². The Hall–Kier alpha value is -4.64. The molecule has 0 N–H and O–H groups in total. The van der Waals surface area contributed by atoms with Crippen LogP contribution >= 0.6 is 22.7 Å². The summed E-state index contributed by atoms with van der Waals surface area (Å²) in [6, 6.07) is 32.7. The molecular weight excluding hydrogens is 1680 g/mol. The summed E-state index contributed by atoms with van der Waals surface area (Å²) in [6.07, 6.45) is 119. The van der Waals surface area contributed by atoms with Crippen LogP contribution < -0.4 is 0 Å². The summed E-state index contributed by atoms with van der Waals surface area (Å²) in [6.45, 7) is 18.8. The Morgan fingerprint density at radius 1 is 0.132 bits per heavy atom. The van der Waals surface area contributed by atoms with Crippen molar-refractivity contribution in [3.8, 4) is 45.0 Å². The SMILES string of the molecule is CCCCCCCCCCCCc1cc2c(cc1CCCCCCCCCCCC)-c1cc3sc(cc4nc(cc5sc(cc-2n1)c1cc(CCCCCCCCCCCC)c(CCCCCCCCCCCC)cc51)-c1cc(CCCCCCCCCCCC)c(CCCCCCCCCCCC)cc1-4)c1cc(CCCCCCCCCCCC)c(CCCCCCCCCCCC)cc31. The van der Waals surface area contributed by atoms with Crippen LogP contribution in [-0.4, -0.2) is 9.97 Å². The van der Waals surface area contributed by atoms with Gasteiger partial charge in [0.25, 0.3) is 0 Å². The van der Waals surface area contributed by atoms with E-state index in [1.165, 1.54) is 625 Å². The van der Waals surface area contributed by atoms with Crippen LogP contribution in [0.1, 0.15) is 614 Å². The molecule has 0 radical (unpaired) electrons. The van der Waals surface area contributed by atoms with Gasteiger partial charge in [-0.25, -0.2) is 9.97 Å². The van der Waals surface area contributed by atoms with Crippen LogP contribution in [0.3, 0.4) is 0 Å². The maximum Gasteiger partial charge on any atom is 0.0730 e. The molecule has 7 aromatic rings. The summed E-state index contributed by atoms with van der Waals surface area (Å²) in [5, 5.41) is 5.78. The molecule has 0 unspecified atom stereocenters. The summed E-state index contributed by atoms with van der Waals surface area (Å²) in [7, 11) is 0. The monoisotopic (exact) mass is 1890 g/mol. The second-order valence-corrected chi connectivity index (χ2v) is 46.3. The van der Waals surface area contributed by atoms with Crippen LogP contribution in [0.5, 0.6) is 0 Å². The summed E-state index contributed by atoms with van der Waals surface area (Å²) in [4.78, 5) is 12.5. The lowest BCUT2D eigenvalue weighted by Gasteiger charge is -2.14. The fourth-order valence-corrected chi connectivity index (χ4v) is 25.3. The molecule has 0 amide bonds. The number of thiophene rings is 2. The fourth-order valence-electron chi connectivity index (χ4n) is 23.0. The zero-order chi connectivity index (χ0) is 95.4. The Labute approximate surface area is 849 Å². The number of aryl methyl sites for hydroxylation is 8. The predicted molar refractivity (Wildman–Crippen MR) is 616 cm³/mol. The van der Waals surface area contributed by atoms with E-state index in [0.29, 0.717) is 0 Å². The Bertz CT molecular complexity index is 3860. The molecule has 0 fully saturated rings. The first-order valence-corrected chi connectivity index (χ1v) is 62.8. The molecule has 0 aliphatic carbocycles. The molecule has 4 aromatic carbocycles. The van der Waals surface area contributed by atoms with Crippen molar-refractivity contribution in [2.24, 2.45) is 0 Å². The van der Waals surface area contributed by atoms with Gasteiger partial charge in [0, 0.05) is 62.6 Å². The first-order chi connectivity index (χ1) is 67.3. The fraction of sp³-hybridized carbons (Fsp3) is 0.727. The lowest BCUT2D eigenvalue weighted by atomic mass is 9.90. The van der Waals surface area contributed by atoms with Gasteiger partial charge in [-0.05, 0) is 220 Å². The van der Waals surface area contributed by atoms with Gasteiger partial charge in [0.15, 0.2) is 0 Å². The Morgan fingerprint density at radius 3 is 0.368 bits per heavy atom. The first-order valence-electron chi connectivity index (χ1n) is 61.1. The van der Waals surface area contributed by atoms with E-state index >= 15 is 0 Å². The van der Waals surface area contributed by atoms with Gasteiger partial charge in [-0.3, -0.25) is 0 Å². The maximum atomic E-state index is 6.23. The molecule has 3 aromatic heterocycles. The molecule has 136 heavy (non-hydrogen) atoms. The second-order valence-electron chi connectivity index (χ2n) is 44.1. The smallest absolute Gasteiger partial charge is 0.0730 e. The van der Waals surface area contributed by atoms with E-state index in [4.69, 9.17) is 9.97 Å². The van der Waals surface area contributed by atoms with Gasteiger partial charge in [0.2, 0.25) is 0 Å². The minimum atomic E-state index is 1.16. The number of aromatic nitrogens is 2. The number of rotatable bonds is 88.